The summed E-state index contributed by atoms with van der Waals surface area (Å²) in [6.07, 6.45) is 0.928. The van der Waals surface area contributed by atoms with Gasteiger partial charge in [-0.05, 0) is 42.8 Å². The smallest absolute Gasteiger partial charge is 0.232 e. The Labute approximate surface area is 159 Å². The number of halogens is 3. The molecule has 8 heteroatoms. The van der Waals surface area contributed by atoms with Crippen molar-refractivity contribution in [3.63, 3.8) is 0 Å². The van der Waals surface area contributed by atoms with Crippen LogP contribution in [-0.4, -0.2) is 23.7 Å². The van der Waals surface area contributed by atoms with E-state index < -0.39 is 11.6 Å². The highest BCUT2D eigenvalue weighted by atomic mass is 35.5. The number of benzene rings is 2. The van der Waals surface area contributed by atoms with Crippen LogP contribution in [0, 0.1) is 11.6 Å². The largest absolute Gasteiger partial charge is 0.492 e. The molecule has 0 aliphatic rings. The van der Waals surface area contributed by atoms with E-state index in [0.29, 0.717) is 22.1 Å². The van der Waals surface area contributed by atoms with Crippen LogP contribution in [0.1, 0.15) is 5.56 Å². The van der Waals surface area contributed by atoms with Gasteiger partial charge in [0, 0.05) is 17.6 Å². The lowest BCUT2D eigenvalue weighted by Gasteiger charge is -1.98. The van der Waals surface area contributed by atoms with E-state index in [4.69, 9.17) is 17.3 Å². The summed E-state index contributed by atoms with van der Waals surface area (Å²) in [7, 11) is 1.66. The normalized spacial score (nSPS) is 10.2. The molecule has 4 nitrogen and oxygen atoms in total. The van der Waals surface area contributed by atoms with Crippen molar-refractivity contribution in [3.05, 3.63) is 64.7 Å². The Kier molecular flexibility index (Phi) is 7.32. The van der Waals surface area contributed by atoms with Gasteiger partial charge in [-0.15, -0.1) is 0 Å². The van der Waals surface area contributed by atoms with Crippen LogP contribution in [-0.2, 0) is 6.42 Å². The van der Waals surface area contributed by atoms with E-state index in [1.54, 1.807) is 7.05 Å². The van der Waals surface area contributed by atoms with Crippen LogP contribution in [0.5, 0.6) is 5.88 Å². The molecule has 2 aromatic carbocycles. The standard InChI is InChI=1S/C10H8F2N2OS.C8H10ClN/c1-13-10-14-9(15)8(16-10)5-2-3-6(11)7(12)4-5;9-8-3-1-7(2-4-8)5-6-10/h2-4,15H,1H3,(H,13,14);1-4H,5-6,10H2. The second-order valence-corrected chi connectivity index (χ2v) is 6.65. The number of thiazole rings is 1. The van der Waals surface area contributed by atoms with Crippen LogP contribution in [0.15, 0.2) is 42.5 Å². The molecule has 0 spiro atoms. The molecule has 0 saturated carbocycles. The molecule has 0 fully saturated rings. The number of rotatable bonds is 4. The number of hydrogen-bond donors (Lipinski definition) is 3. The van der Waals surface area contributed by atoms with Crippen molar-refractivity contribution in [2.45, 2.75) is 6.42 Å². The first-order chi connectivity index (χ1) is 12.4. The predicted octanol–water partition coefficient (Wildman–Crippen LogP) is 4.68. The molecule has 0 aliphatic heterocycles. The molecule has 0 saturated heterocycles. The molecule has 0 atom stereocenters. The summed E-state index contributed by atoms with van der Waals surface area (Å²) in [4.78, 5) is 4.21. The summed E-state index contributed by atoms with van der Waals surface area (Å²) in [6.45, 7) is 0.696. The van der Waals surface area contributed by atoms with Gasteiger partial charge >= 0.3 is 0 Å². The number of nitrogens with one attached hydrogen (secondary N) is 1. The van der Waals surface area contributed by atoms with Crippen molar-refractivity contribution in [2.75, 3.05) is 18.9 Å². The van der Waals surface area contributed by atoms with E-state index in [-0.39, 0.29) is 5.88 Å². The SMILES string of the molecule is CNc1nc(O)c(-c2ccc(F)c(F)c2)s1.NCCc1ccc(Cl)cc1. The van der Waals surface area contributed by atoms with E-state index in [0.717, 1.165) is 23.6 Å². The third kappa shape index (κ3) is 5.39. The van der Waals surface area contributed by atoms with Crippen LogP contribution in [0.3, 0.4) is 0 Å². The maximum Gasteiger partial charge on any atom is 0.232 e. The molecule has 0 bridgehead atoms. The molecule has 3 aromatic rings. The second kappa shape index (κ2) is 9.47. The molecule has 0 amide bonds. The second-order valence-electron chi connectivity index (χ2n) is 5.22. The minimum absolute atomic E-state index is 0.194. The van der Waals surface area contributed by atoms with E-state index >= 15 is 0 Å². The monoisotopic (exact) mass is 397 g/mol. The van der Waals surface area contributed by atoms with Gasteiger partial charge in [-0.25, -0.2) is 8.78 Å². The molecule has 0 unspecified atom stereocenters. The van der Waals surface area contributed by atoms with Gasteiger partial charge in [0.05, 0.1) is 4.88 Å². The molecule has 0 aliphatic carbocycles. The molecule has 1 heterocycles. The highest BCUT2D eigenvalue weighted by molar-refractivity contribution is 7.19. The maximum atomic E-state index is 13.0. The zero-order valence-electron chi connectivity index (χ0n) is 14.0. The first-order valence-corrected chi connectivity index (χ1v) is 8.91. The van der Waals surface area contributed by atoms with Gasteiger partial charge in [-0.3, -0.25) is 0 Å². The highest BCUT2D eigenvalue weighted by Gasteiger charge is 2.13. The average Bonchev–Trinajstić information content (AvgIpc) is 3.01. The van der Waals surface area contributed by atoms with Crippen LogP contribution < -0.4 is 11.1 Å². The topological polar surface area (TPSA) is 71.2 Å². The van der Waals surface area contributed by atoms with Gasteiger partial charge in [0.1, 0.15) is 0 Å². The van der Waals surface area contributed by atoms with Gasteiger partial charge in [0.25, 0.3) is 0 Å². The maximum absolute atomic E-state index is 13.0. The van der Waals surface area contributed by atoms with Crippen molar-refractivity contribution in [1.29, 1.82) is 0 Å². The fourth-order valence-electron chi connectivity index (χ4n) is 2.06. The quantitative estimate of drug-likeness (QED) is 0.598. The van der Waals surface area contributed by atoms with Crippen molar-refractivity contribution in [2.24, 2.45) is 5.73 Å². The summed E-state index contributed by atoms with van der Waals surface area (Å²) < 4.78 is 25.7. The third-order valence-corrected chi connectivity index (χ3v) is 4.71. The summed E-state index contributed by atoms with van der Waals surface area (Å²) in [5.41, 5.74) is 7.01. The number of hydrogen-bond acceptors (Lipinski definition) is 5. The molecule has 26 heavy (non-hydrogen) atoms. The lowest BCUT2D eigenvalue weighted by molar-refractivity contribution is 0.459. The first kappa shape index (κ1) is 20.1. The van der Waals surface area contributed by atoms with Crippen molar-refractivity contribution < 1.29 is 13.9 Å². The van der Waals surface area contributed by atoms with Gasteiger partial charge in [-0.1, -0.05) is 41.1 Å². The van der Waals surface area contributed by atoms with E-state index in [1.165, 1.54) is 23.0 Å². The Morgan fingerprint density at radius 2 is 1.85 bits per heavy atom. The average molecular weight is 398 g/mol. The van der Waals surface area contributed by atoms with Gasteiger partial charge < -0.3 is 16.2 Å². The Morgan fingerprint density at radius 1 is 1.15 bits per heavy atom. The van der Waals surface area contributed by atoms with Crippen molar-refractivity contribution >= 4 is 28.1 Å². The molecule has 1 aromatic heterocycles. The Hall–Kier alpha value is -2.22. The highest BCUT2D eigenvalue weighted by Crippen LogP contribution is 2.37. The fourth-order valence-corrected chi connectivity index (χ4v) is 3.00. The summed E-state index contributed by atoms with van der Waals surface area (Å²) in [5.74, 6) is -2.06. The number of aromatic nitrogens is 1. The van der Waals surface area contributed by atoms with Gasteiger partial charge in [0.15, 0.2) is 16.8 Å². The van der Waals surface area contributed by atoms with Crippen LogP contribution in [0.25, 0.3) is 10.4 Å². The number of aromatic hydroxyl groups is 1. The van der Waals surface area contributed by atoms with E-state index in [1.807, 2.05) is 24.3 Å². The zero-order chi connectivity index (χ0) is 19.1. The van der Waals surface area contributed by atoms with E-state index in [2.05, 4.69) is 10.3 Å². The zero-order valence-corrected chi connectivity index (χ0v) is 15.5. The molecule has 138 valence electrons. The number of anilines is 1. The predicted molar refractivity (Wildman–Crippen MR) is 103 cm³/mol. The van der Waals surface area contributed by atoms with Crippen molar-refractivity contribution in [1.82, 2.24) is 4.98 Å². The van der Waals surface area contributed by atoms with Crippen LogP contribution in [0.4, 0.5) is 13.9 Å². The molecular formula is C18H18ClF2N3OS. The Balaban J connectivity index is 0.000000209. The molecule has 3 rings (SSSR count). The minimum Gasteiger partial charge on any atom is -0.492 e. The number of nitrogens with two attached hydrogens (primary N) is 1. The fraction of sp³-hybridized carbons (Fsp3) is 0.167. The molecule has 0 radical (unpaired) electrons. The molecular weight excluding hydrogens is 380 g/mol. The summed E-state index contributed by atoms with van der Waals surface area (Å²) in [6, 6.07) is 11.2. The lowest BCUT2D eigenvalue weighted by atomic mass is 10.2. The number of nitrogens with zero attached hydrogens (tertiary/aromatic N) is 1. The van der Waals surface area contributed by atoms with Crippen LogP contribution in [0.2, 0.25) is 5.02 Å². The third-order valence-electron chi connectivity index (χ3n) is 3.35. The summed E-state index contributed by atoms with van der Waals surface area (Å²) >= 11 is 6.85. The van der Waals surface area contributed by atoms with Gasteiger partial charge in [0.2, 0.25) is 5.88 Å². The van der Waals surface area contributed by atoms with E-state index in [9.17, 15) is 13.9 Å². The first-order valence-electron chi connectivity index (χ1n) is 7.72. The van der Waals surface area contributed by atoms with Crippen molar-refractivity contribution in [3.8, 4) is 16.3 Å². The molecule has 4 N–H and O–H groups in total. The minimum atomic E-state index is -0.948. The Bertz CT molecular complexity index is 856. The van der Waals surface area contributed by atoms with Crippen LogP contribution >= 0.6 is 22.9 Å². The lowest BCUT2D eigenvalue weighted by Crippen LogP contribution is -2.01. The summed E-state index contributed by atoms with van der Waals surface area (Å²) in [5, 5.41) is 13.6. The Morgan fingerprint density at radius 3 is 2.38 bits per heavy atom. The van der Waals surface area contributed by atoms with Gasteiger partial charge in [-0.2, -0.15) is 4.98 Å².